The quantitative estimate of drug-likeness (QED) is 0.437. The molecule has 0 radical (unpaired) electrons. The van der Waals surface area contributed by atoms with E-state index >= 15 is 0 Å². The molecule has 1 aliphatic rings. The second-order valence-corrected chi connectivity index (χ2v) is 10.6. The van der Waals surface area contributed by atoms with Crippen LogP contribution in [0.4, 0.5) is 10.8 Å². The minimum Gasteiger partial charge on any atom is -0.481 e. The lowest BCUT2D eigenvalue weighted by molar-refractivity contribution is -0.138. The van der Waals surface area contributed by atoms with E-state index in [2.05, 4.69) is 15.3 Å². The average molecular weight is 525 g/mol. The number of hydrogen-bond acceptors (Lipinski definition) is 8. The highest BCUT2D eigenvalue weighted by molar-refractivity contribution is 8.01. The zero-order chi connectivity index (χ0) is 25.7. The monoisotopic (exact) mass is 524 g/mol. The summed E-state index contributed by atoms with van der Waals surface area (Å²) in [5, 5.41) is 12.4. The molecule has 36 heavy (non-hydrogen) atoms. The standard InChI is InChI=1S/C25H24N4O5S2/c1-15-9-11-17(12-10-15)29(22(33)16-6-2-3-7-16)23(34)21(32)28-25-27-18(14-20(30)31)24(36-25)35-19-8-4-5-13-26-19/h4-5,8-13,16H,2-3,6-7,14H2,1H3,(H,30,31)(H,27,28,32). The molecule has 9 nitrogen and oxygen atoms in total. The highest BCUT2D eigenvalue weighted by Crippen LogP contribution is 2.37. The van der Waals surface area contributed by atoms with Crippen molar-refractivity contribution in [2.45, 2.75) is 48.3 Å². The van der Waals surface area contributed by atoms with Crippen molar-refractivity contribution in [3.05, 3.63) is 59.9 Å². The molecule has 1 saturated carbocycles. The van der Waals surface area contributed by atoms with E-state index in [-0.39, 0.29) is 23.2 Å². The van der Waals surface area contributed by atoms with Crippen LogP contribution in [0, 0.1) is 12.8 Å². The van der Waals surface area contributed by atoms with Gasteiger partial charge in [0.05, 0.1) is 22.0 Å². The van der Waals surface area contributed by atoms with Crippen LogP contribution in [0.15, 0.2) is 57.9 Å². The van der Waals surface area contributed by atoms with Gasteiger partial charge in [0.2, 0.25) is 5.91 Å². The molecule has 0 aliphatic heterocycles. The fraction of sp³-hybridized carbons (Fsp3) is 0.280. The number of carboxylic acids is 1. The first-order chi connectivity index (χ1) is 17.3. The summed E-state index contributed by atoms with van der Waals surface area (Å²) in [5.74, 6) is -3.82. The van der Waals surface area contributed by atoms with E-state index in [9.17, 15) is 24.3 Å². The van der Waals surface area contributed by atoms with Crippen LogP contribution >= 0.6 is 23.1 Å². The number of pyridine rings is 1. The van der Waals surface area contributed by atoms with E-state index in [0.717, 1.165) is 34.6 Å². The Morgan fingerprint density at radius 1 is 1.11 bits per heavy atom. The number of anilines is 2. The molecule has 0 spiro atoms. The zero-order valence-electron chi connectivity index (χ0n) is 19.5. The van der Waals surface area contributed by atoms with E-state index < -0.39 is 23.7 Å². The molecule has 1 fully saturated rings. The molecular formula is C25H24N4O5S2. The maximum atomic E-state index is 13.3. The number of thiazole rings is 1. The SMILES string of the molecule is Cc1ccc(N(C(=O)C(=O)Nc2nc(CC(=O)O)c(Sc3ccccn3)s2)C(=O)C2CCCC2)cc1. The number of aromatic nitrogens is 2. The topological polar surface area (TPSA) is 130 Å². The molecule has 2 aromatic heterocycles. The molecule has 1 aliphatic carbocycles. The van der Waals surface area contributed by atoms with E-state index in [0.29, 0.717) is 27.8 Å². The first-order valence-electron chi connectivity index (χ1n) is 11.4. The van der Waals surface area contributed by atoms with Crippen molar-refractivity contribution >= 4 is 57.6 Å². The number of benzene rings is 1. The van der Waals surface area contributed by atoms with E-state index in [1.165, 1.54) is 11.8 Å². The Labute approximate surface area is 216 Å². The van der Waals surface area contributed by atoms with Gasteiger partial charge in [0.25, 0.3) is 0 Å². The van der Waals surface area contributed by atoms with Crippen LogP contribution in [0.1, 0.15) is 36.9 Å². The fourth-order valence-electron chi connectivity index (χ4n) is 3.87. The van der Waals surface area contributed by atoms with Crippen LogP contribution in [-0.2, 0) is 25.6 Å². The lowest BCUT2D eigenvalue weighted by Crippen LogP contribution is -2.46. The molecule has 3 amide bonds. The van der Waals surface area contributed by atoms with Crippen molar-refractivity contribution in [3.8, 4) is 0 Å². The van der Waals surface area contributed by atoms with Crippen molar-refractivity contribution in [1.82, 2.24) is 9.97 Å². The van der Waals surface area contributed by atoms with Gasteiger partial charge >= 0.3 is 17.8 Å². The largest absolute Gasteiger partial charge is 0.481 e. The van der Waals surface area contributed by atoms with Gasteiger partial charge in [-0.2, -0.15) is 0 Å². The normalized spacial score (nSPS) is 13.4. The van der Waals surface area contributed by atoms with Crippen molar-refractivity contribution in [1.29, 1.82) is 0 Å². The lowest BCUT2D eigenvalue weighted by Gasteiger charge is -2.23. The van der Waals surface area contributed by atoms with Gasteiger partial charge in [-0.25, -0.2) is 14.9 Å². The zero-order valence-corrected chi connectivity index (χ0v) is 21.1. The third-order valence-electron chi connectivity index (χ3n) is 5.65. The molecule has 186 valence electrons. The predicted molar refractivity (Wildman–Crippen MR) is 136 cm³/mol. The van der Waals surface area contributed by atoms with Crippen molar-refractivity contribution in [3.63, 3.8) is 0 Å². The van der Waals surface area contributed by atoms with Crippen LogP contribution in [0.3, 0.4) is 0 Å². The number of amides is 3. The average Bonchev–Trinajstić information content (AvgIpc) is 3.51. The minimum atomic E-state index is -1.08. The predicted octanol–water partition coefficient (Wildman–Crippen LogP) is 4.31. The van der Waals surface area contributed by atoms with Gasteiger partial charge in [-0.05, 0) is 44.0 Å². The van der Waals surface area contributed by atoms with Gasteiger partial charge in [-0.3, -0.25) is 24.5 Å². The number of rotatable bonds is 7. The summed E-state index contributed by atoms with van der Waals surface area (Å²) in [4.78, 5) is 60.2. The number of hydrogen-bond donors (Lipinski definition) is 2. The summed E-state index contributed by atoms with van der Waals surface area (Å²) in [6, 6.07) is 12.2. The van der Waals surface area contributed by atoms with Gasteiger partial charge in [-0.15, -0.1) is 0 Å². The fourth-order valence-corrected chi connectivity index (χ4v) is 5.93. The van der Waals surface area contributed by atoms with Crippen LogP contribution in [0.5, 0.6) is 0 Å². The lowest BCUT2D eigenvalue weighted by atomic mass is 10.1. The number of nitrogens with one attached hydrogen (secondary N) is 1. The number of carbonyl (C=O) groups is 4. The smallest absolute Gasteiger partial charge is 0.323 e. The third kappa shape index (κ3) is 6.16. The van der Waals surface area contributed by atoms with E-state index in [1.807, 2.05) is 6.92 Å². The molecule has 11 heteroatoms. The molecule has 2 N–H and O–H groups in total. The highest BCUT2D eigenvalue weighted by Gasteiger charge is 2.35. The maximum absolute atomic E-state index is 13.3. The van der Waals surface area contributed by atoms with Gasteiger partial charge in [0.15, 0.2) is 5.13 Å². The Morgan fingerprint density at radius 3 is 2.47 bits per heavy atom. The molecule has 1 aromatic carbocycles. The molecule has 0 saturated heterocycles. The summed E-state index contributed by atoms with van der Waals surface area (Å²) in [7, 11) is 0. The second-order valence-electron chi connectivity index (χ2n) is 8.34. The third-order valence-corrected chi connectivity index (χ3v) is 7.83. The number of carboxylic acid groups (broad SMARTS) is 1. The Bertz CT molecular complexity index is 1270. The maximum Gasteiger partial charge on any atom is 0.323 e. The van der Waals surface area contributed by atoms with Crippen molar-refractivity contribution in [2.75, 3.05) is 10.2 Å². The van der Waals surface area contributed by atoms with Crippen molar-refractivity contribution < 1.29 is 24.3 Å². The second kappa shape index (κ2) is 11.4. The Balaban J connectivity index is 1.57. The number of imide groups is 1. The Kier molecular flexibility index (Phi) is 8.11. The summed E-state index contributed by atoms with van der Waals surface area (Å²) < 4.78 is 0.538. The molecule has 0 atom stereocenters. The summed E-state index contributed by atoms with van der Waals surface area (Å²) in [5.41, 5.74) is 1.54. The van der Waals surface area contributed by atoms with Gasteiger partial charge in [0.1, 0.15) is 5.03 Å². The van der Waals surface area contributed by atoms with Crippen LogP contribution in [-0.4, -0.2) is 38.8 Å². The van der Waals surface area contributed by atoms with Gasteiger partial charge in [-0.1, -0.05) is 59.7 Å². The summed E-state index contributed by atoms with van der Waals surface area (Å²) in [6.45, 7) is 1.89. The van der Waals surface area contributed by atoms with Crippen LogP contribution < -0.4 is 10.2 Å². The van der Waals surface area contributed by atoms with Gasteiger partial charge in [0, 0.05) is 12.1 Å². The van der Waals surface area contributed by atoms with E-state index in [1.54, 1.807) is 48.7 Å². The molecular weight excluding hydrogens is 500 g/mol. The Morgan fingerprint density at radius 2 is 1.83 bits per heavy atom. The van der Waals surface area contributed by atoms with Gasteiger partial charge < -0.3 is 5.11 Å². The molecule has 0 unspecified atom stereocenters. The molecule has 0 bridgehead atoms. The first kappa shape index (κ1) is 25.5. The molecule has 2 heterocycles. The summed E-state index contributed by atoms with van der Waals surface area (Å²) in [6.07, 6.45) is 4.42. The van der Waals surface area contributed by atoms with Crippen LogP contribution in [0.25, 0.3) is 0 Å². The van der Waals surface area contributed by atoms with Crippen molar-refractivity contribution in [2.24, 2.45) is 5.92 Å². The van der Waals surface area contributed by atoms with E-state index in [4.69, 9.17) is 0 Å². The van der Waals surface area contributed by atoms with Crippen LogP contribution in [0.2, 0.25) is 0 Å². The number of aryl methyl sites for hydroxylation is 1. The number of carbonyl (C=O) groups excluding carboxylic acids is 3. The molecule has 3 aromatic rings. The summed E-state index contributed by atoms with van der Waals surface area (Å²) >= 11 is 2.27. The number of aliphatic carboxylic acids is 1. The molecule has 4 rings (SSSR count). The first-order valence-corrected chi connectivity index (χ1v) is 13.0. The minimum absolute atomic E-state index is 0.0696. The highest BCUT2D eigenvalue weighted by atomic mass is 32.2. The number of nitrogens with zero attached hydrogens (tertiary/aromatic N) is 3. The Hall–Kier alpha value is -3.57.